The van der Waals surface area contributed by atoms with Crippen LogP contribution >= 0.6 is 11.6 Å². The second kappa shape index (κ2) is 8.79. The van der Waals surface area contributed by atoms with Gasteiger partial charge >= 0.3 is 0 Å². The van der Waals surface area contributed by atoms with Crippen molar-refractivity contribution in [2.24, 2.45) is 11.8 Å². The van der Waals surface area contributed by atoms with Gasteiger partial charge in [-0.2, -0.15) is 0 Å². The summed E-state index contributed by atoms with van der Waals surface area (Å²) in [4.78, 5) is 12.1. The molecule has 3 unspecified atom stereocenters. The van der Waals surface area contributed by atoms with Crippen LogP contribution in [0.1, 0.15) is 65.2 Å². The number of amides is 1. The molecule has 106 valence electrons. The minimum Gasteiger partial charge on any atom is -0.356 e. The van der Waals surface area contributed by atoms with Crippen LogP contribution in [0.4, 0.5) is 0 Å². The van der Waals surface area contributed by atoms with Crippen molar-refractivity contribution in [3.63, 3.8) is 0 Å². The van der Waals surface area contributed by atoms with E-state index in [0.717, 1.165) is 38.6 Å². The molecule has 1 amide bonds. The summed E-state index contributed by atoms with van der Waals surface area (Å²) in [7, 11) is 0. The average Bonchev–Trinajstić information content (AvgIpc) is 2.37. The van der Waals surface area contributed by atoms with E-state index in [9.17, 15) is 4.79 Å². The number of carbonyl (C=O) groups excluding carboxylic acids is 1. The summed E-state index contributed by atoms with van der Waals surface area (Å²) in [6.45, 7) is 5.10. The minimum atomic E-state index is 0.209. The van der Waals surface area contributed by atoms with Gasteiger partial charge in [-0.25, -0.2) is 0 Å². The molecular formula is C15H28ClNO. The lowest BCUT2D eigenvalue weighted by molar-refractivity contribution is -0.125. The smallest absolute Gasteiger partial charge is 0.223 e. The van der Waals surface area contributed by atoms with Crippen LogP contribution in [-0.2, 0) is 4.79 Å². The third kappa shape index (κ3) is 5.60. The molecule has 0 radical (unpaired) electrons. The van der Waals surface area contributed by atoms with E-state index in [1.807, 2.05) is 0 Å². The first kappa shape index (κ1) is 15.8. The zero-order chi connectivity index (χ0) is 13.4. The third-order valence-electron chi connectivity index (χ3n) is 4.05. The normalized spacial score (nSPS) is 25.7. The van der Waals surface area contributed by atoms with Crippen LogP contribution < -0.4 is 5.32 Å². The van der Waals surface area contributed by atoms with Gasteiger partial charge in [0.1, 0.15) is 0 Å². The van der Waals surface area contributed by atoms with E-state index in [-0.39, 0.29) is 11.8 Å². The lowest BCUT2D eigenvalue weighted by atomic mass is 9.88. The van der Waals surface area contributed by atoms with Crippen LogP contribution in [0.5, 0.6) is 0 Å². The van der Waals surface area contributed by atoms with Crippen LogP contribution in [0.2, 0.25) is 0 Å². The Balaban J connectivity index is 2.25. The Morgan fingerprint density at radius 1 is 1.39 bits per heavy atom. The quantitative estimate of drug-likeness (QED) is 0.695. The van der Waals surface area contributed by atoms with Crippen molar-refractivity contribution < 1.29 is 4.79 Å². The van der Waals surface area contributed by atoms with Crippen molar-refractivity contribution in [1.82, 2.24) is 5.32 Å². The summed E-state index contributed by atoms with van der Waals surface area (Å²) in [5, 5.41) is 3.46. The number of nitrogens with one attached hydrogen (secondary N) is 1. The fourth-order valence-corrected chi connectivity index (χ4v) is 3.18. The molecule has 0 aromatic carbocycles. The Kier molecular flexibility index (Phi) is 7.73. The molecule has 1 saturated carbocycles. The Morgan fingerprint density at radius 3 is 2.78 bits per heavy atom. The van der Waals surface area contributed by atoms with E-state index in [0.29, 0.717) is 11.3 Å². The van der Waals surface area contributed by atoms with E-state index in [1.54, 1.807) is 0 Å². The number of unbranched alkanes of at least 4 members (excludes halogenated alkanes) is 1. The second-order valence-corrected chi connectivity index (χ2v) is 6.24. The van der Waals surface area contributed by atoms with Crippen molar-refractivity contribution in [3.8, 4) is 0 Å². The number of hydrogen-bond donors (Lipinski definition) is 1. The highest BCUT2D eigenvalue weighted by Crippen LogP contribution is 2.27. The van der Waals surface area contributed by atoms with Gasteiger partial charge in [-0.05, 0) is 38.0 Å². The summed E-state index contributed by atoms with van der Waals surface area (Å²) in [6, 6.07) is 0. The molecular weight excluding hydrogens is 246 g/mol. The highest BCUT2D eigenvalue weighted by atomic mass is 35.5. The first-order valence-electron chi connectivity index (χ1n) is 7.59. The molecule has 0 spiro atoms. The van der Waals surface area contributed by atoms with Gasteiger partial charge in [0.2, 0.25) is 5.91 Å². The summed E-state index contributed by atoms with van der Waals surface area (Å²) < 4.78 is 0. The van der Waals surface area contributed by atoms with E-state index in [1.165, 1.54) is 19.3 Å². The maximum absolute atomic E-state index is 12.1. The molecule has 1 aliphatic carbocycles. The Labute approximate surface area is 117 Å². The number of rotatable bonds is 7. The predicted octanol–water partition coefficient (Wildman–Crippen LogP) is 4.12. The fraction of sp³-hybridized carbons (Fsp3) is 0.933. The summed E-state index contributed by atoms with van der Waals surface area (Å²) in [6.07, 6.45) is 8.93. The molecule has 0 saturated heterocycles. The van der Waals surface area contributed by atoms with E-state index >= 15 is 0 Å². The summed E-state index contributed by atoms with van der Waals surface area (Å²) >= 11 is 6.17. The highest BCUT2D eigenvalue weighted by molar-refractivity contribution is 6.20. The first-order valence-corrected chi connectivity index (χ1v) is 8.02. The molecule has 0 heterocycles. The number of halogens is 1. The summed E-state index contributed by atoms with van der Waals surface area (Å²) in [5.74, 6) is 1.05. The maximum Gasteiger partial charge on any atom is 0.223 e. The van der Waals surface area contributed by atoms with Gasteiger partial charge in [-0.3, -0.25) is 4.79 Å². The highest BCUT2D eigenvalue weighted by Gasteiger charge is 2.22. The lowest BCUT2D eigenvalue weighted by Crippen LogP contribution is -2.35. The predicted molar refractivity (Wildman–Crippen MR) is 77.9 cm³/mol. The molecule has 0 aliphatic heterocycles. The van der Waals surface area contributed by atoms with Gasteiger partial charge in [0.25, 0.3) is 0 Å². The molecule has 18 heavy (non-hydrogen) atoms. The van der Waals surface area contributed by atoms with Gasteiger partial charge in [-0.1, -0.05) is 33.1 Å². The van der Waals surface area contributed by atoms with Gasteiger partial charge < -0.3 is 5.32 Å². The molecule has 0 bridgehead atoms. The fourth-order valence-electron chi connectivity index (χ4n) is 2.77. The topological polar surface area (TPSA) is 29.1 Å². The number of carbonyl (C=O) groups is 1. The van der Waals surface area contributed by atoms with E-state index in [4.69, 9.17) is 11.6 Å². The molecule has 1 fully saturated rings. The SMILES string of the molecule is CCCCC(CC)C(=O)NCC1CCCC(Cl)C1. The maximum atomic E-state index is 12.1. The van der Waals surface area contributed by atoms with Gasteiger partial charge in [0.15, 0.2) is 0 Å². The lowest BCUT2D eigenvalue weighted by Gasteiger charge is -2.26. The zero-order valence-electron chi connectivity index (χ0n) is 11.9. The minimum absolute atomic E-state index is 0.209. The van der Waals surface area contributed by atoms with Gasteiger partial charge in [0, 0.05) is 17.8 Å². The van der Waals surface area contributed by atoms with Crippen LogP contribution in [-0.4, -0.2) is 17.8 Å². The second-order valence-electron chi connectivity index (χ2n) is 5.62. The average molecular weight is 274 g/mol. The van der Waals surface area contributed by atoms with Crippen molar-refractivity contribution >= 4 is 17.5 Å². The monoisotopic (exact) mass is 273 g/mol. The molecule has 3 atom stereocenters. The number of hydrogen-bond acceptors (Lipinski definition) is 1. The van der Waals surface area contributed by atoms with Crippen molar-refractivity contribution in [1.29, 1.82) is 0 Å². The van der Waals surface area contributed by atoms with Crippen LogP contribution in [0.15, 0.2) is 0 Å². The van der Waals surface area contributed by atoms with Crippen molar-refractivity contribution in [2.75, 3.05) is 6.54 Å². The van der Waals surface area contributed by atoms with Crippen molar-refractivity contribution in [3.05, 3.63) is 0 Å². The first-order chi connectivity index (χ1) is 8.67. The largest absolute Gasteiger partial charge is 0.356 e. The molecule has 0 aromatic rings. The zero-order valence-corrected chi connectivity index (χ0v) is 12.6. The van der Waals surface area contributed by atoms with Crippen LogP contribution in [0, 0.1) is 11.8 Å². The number of alkyl halides is 1. The standard InChI is InChI=1S/C15H28ClNO/c1-3-5-8-13(4-2)15(18)17-11-12-7-6-9-14(16)10-12/h12-14H,3-11H2,1-2H3,(H,17,18). The molecule has 0 aromatic heterocycles. The molecule has 2 nitrogen and oxygen atoms in total. The Bertz CT molecular complexity index is 245. The Morgan fingerprint density at radius 2 is 2.17 bits per heavy atom. The molecule has 1 N–H and O–H groups in total. The van der Waals surface area contributed by atoms with E-state index < -0.39 is 0 Å². The van der Waals surface area contributed by atoms with Gasteiger partial charge in [-0.15, -0.1) is 11.6 Å². The Hall–Kier alpha value is -0.240. The van der Waals surface area contributed by atoms with Crippen LogP contribution in [0.25, 0.3) is 0 Å². The molecule has 1 rings (SSSR count). The molecule has 1 aliphatic rings. The molecule has 3 heteroatoms. The summed E-state index contributed by atoms with van der Waals surface area (Å²) in [5.41, 5.74) is 0. The van der Waals surface area contributed by atoms with E-state index in [2.05, 4.69) is 19.2 Å². The third-order valence-corrected chi connectivity index (χ3v) is 4.45. The van der Waals surface area contributed by atoms with Crippen molar-refractivity contribution in [2.45, 2.75) is 70.6 Å². The van der Waals surface area contributed by atoms with Crippen LogP contribution in [0.3, 0.4) is 0 Å². The van der Waals surface area contributed by atoms with Gasteiger partial charge in [0.05, 0.1) is 0 Å².